The fourth-order valence-corrected chi connectivity index (χ4v) is 4.02. The van der Waals surface area contributed by atoms with Gasteiger partial charge < -0.3 is 10.6 Å². The van der Waals surface area contributed by atoms with Crippen LogP contribution >= 0.6 is 11.3 Å². The average molecular weight is 285 g/mol. The van der Waals surface area contributed by atoms with Crippen LogP contribution in [0.1, 0.15) is 35.8 Å². The van der Waals surface area contributed by atoms with E-state index in [1.54, 1.807) is 11.3 Å². The third-order valence-corrected chi connectivity index (χ3v) is 5.35. The fourth-order valence-electron chi connectivity index (χ4n) is 2.99. The van der Waals surface area contributed by atoms with Crippen molar-refractivity contribution in [2.24, 2.45) is 0 Å². The molecule has 1 fully saturated rings. The van der Waals surface area contributed by atoms with Gasteiger partial charge in [0, 0.05) is 30.8 Å². The molecule has 4 rings (SSSR count). The van der Waals surface area contributed by atoms with E-state index in [2.05, 4.69) is 30.1 Å². The van der Waals surface area contributed by atoms with Crippen molar-refractivity contribution >= 4 is 22.0 Å². The number of fused-ring (bicyclic) bond motifs is 1. The van der Waals surface area contributed by atoms with E-state index in [4.69, 9.17) is 10.7 Å². The lowest BCUT2D eigenvalue weighted by Gasteiger charge is -2.27. The van der Waals surface area contributed by atoms with E-state index in [1.165, 1.54) is 41.1 Å². The van der Waals surface area contributed by atoms with Gasteiger partial charge in [-0.05, 0) is 43.4 Å². The summed E-state index contributed by atoms with van der Waals surface area (Å²) in [4.78, 5) is 7.13. The van der Waals surface area contributed by atoms with Gasteiger partial charge in [0.25, 0.3) is 0 Å². The lowest BCUT2D eigenvalue weighted by Crippen LogP contribution is -2.24. The predicted molar refractivity (Wildman–Crippen MR) is 85.5 cm³/mol. The zero-order valence-electron chi connectivity index (χ0n) is 11.7. The maximum atomic E-state index is 6.19. The molecule has 0 atom stereocenters. The highest BCUT2D eigenvalue weighted by atomic mass is 32.1. The first-order valence-corrected chi connectivity index (χ1v) is 8.14. The molecule has 4 heteroatoms. The predicted octanol–water partition coefficient (Wildman–Crippen LogP) is 3.65. The molecule has 0 spiro atoms. The van der Waals surface area contributed by atoms with Crippen LogP contribution in [-0.4, -0.2) is 18.6 Å². The molecule has 3 nitrogen and oxygen atoms in total. The van der Waals surface area contributed by atoms with E-state index in [0.717, 1.165) is 23.7 Å². The molecule has 104 valence electrons. The first-order chi connectivity index (χ1) is 9.72. The van der Waals surface area contributed by atoms with Crippen molar-refractivity contribution in [1.29, 1.82) is 0 Å². The Bertz CT molecular complexity index is 658. The number of benzene rings is 1. The Kier molecular flexibility index (Phi) is 2.74. The molecule has 0 radical (unpaired) electrons. The lowest BCUT2D eigenvalue weighted by atomic mass is 9.98. The summed E-state index contributed by atoms with van der Waals surface area (Å²) < 4.78 is 0. The highest BCUT2D eigenvalue weighted by molar-refractivity contribution is 7.16. The van der Waals surface area contributed by atoms with Gasteiger partial charge in [0.1, 0.15) is 10.7 Å². The minimum Gasteiger partial charge on any atom is -0.389 e. The van der Waals surface area contributed by atoms with Gasteiger partial charge >= 0.3 is 0 Å². The van der Waals surface area contributed by atoms with Crippen molar-refractivity contribution in [2.75, 3.05) is 24.2 Å². The molecule has 1 saturated carbocycles. The minimum absolute atomic E-state index is 0.680. The number of nitrogens with two attached hydrogens (primary N) is 1. The summed E-state index contributed by atoms with van der Waals surface area (Å²) in [7, 11) is 2.17. The Morgan fingerprint density at radius 2 is 2.20 bits per heavy atom. The second kappa shape index (κ2) is 4.48. The van der Waals surface area contributed by atoms with Gasteiger partial charge in [-0.15, -0.1) is 11.3 Å². The van der Waals surface area contributed by atoms with Crippen LogP contribution in [0.25, 0.3) is 11.3 Å². The molecule has 1 aliphatic heterocycles. The molecular formula is C16H19N3S. The Morgan fingerprint density at radius 3 is 3.00 bits per heavy atom. The first kappa shape index (κ1) is 12.2. The number of hydrogen-bond donors (Lipinski definition) is 1. The number of rotatable bonds is 2. The Morgan fingerprint density at radius 1 is 1.35 bits per heavy atom. The number of thiazole rings is 1. The maximum absolute atomic E-state index is 6.19. The van der Waals surface area contributed by atoms with Crippen LogP contribution in [-0.2, 0) is 6.42 Å². The number of nitrogen functional groups attached to an aromatic ring is 1. The Balaban J connectivity index is 1.75. The highest BCUT2D eigenvalue weighted by Crippen LogP contribution is 2.45. The van der Waals surface area contributed by atoms with Crippen LogP contribution in [0.5, 0.6) is 0 Å². The van der Waals surface area contributed by atoms with E-state index in [-0.39, 0.29) is 0 Å². The topological polar surface area (TPSA) is 42.2 Å². The number of aryl methyl sites for hydroxylation is 1. The minimum atomic E-state index is 0.680. The summed E-state index contributed by atoms with van der Waals surface area (Å²) >= 11 is 1.67. The van der Waals surface area contributed by atoms with Crippen LogP contribution in [0.2, 0.25) is 0 Å². The smallest absolute Gasteiger partial charge is 0.114 e. The first-order valence-electron chi connectivity index (χ1n) is 7.33. The number of anilines is 2. The van der Waals surface area contributed by atoms with Crippen molar-refractivity contribution in [2.45, 2.75) is 31.6 Å². The number of aromatic nitrogens is 1. The third kappa shape index (κ3) is 1.99. The highest BCUT2D eigenvalue weighted by Gasteiger charge is 2.28. The van der Waals surface area contributed by atoms with Gasteiger partial charge in [-0.25, -0.2) is 4.98 Å². The van der Waals surface area contributed by atoms with E-state index in [9.17, 15) is 0 Å². The van der Waals surface area contributed by atoms with Crippen molar-refractivity contribution in [3.8, 4) is 11.3 Å². The molecule has 2 aliphatic rings. The number of nitrogens with zero attached hydrogens (tertiary/aromatic N) is 2. The maximum Gasteiger partial charge on any atom is 0.114 e. The van der Waals surface area contributed by atoms with Crippen molar-refractivity contribution in [1.82, 2.24) is 4.98 Å². The van der Waals surface area contributed by atoms with E-state index in [1.807, 2.05) is 0 Å². The summed E-state index contributed by atoms with van der Waals surface area (Å²) in [5.74, 6) is 0.680. The molecule has 1 aromatic carbocycles. The van der Waals surface area contributed by atoms with Gasteiger partial charge in [0.2, 0.25) is 0 Å². The molecule has 1 aromatic heterocycles. The fraction of sp³-hybridized carbons (Fsp3) is 0.438. The van der Waals surface area contributed by atoms with Crippen LogP contribution < -0.4 is 10.6 Å². The van der Waals surface area contributed by atoms with Crippen LogP contribution in [0.15, 0.2) is 18.2 Å². The summed E-state index contributed by atoms with van der Waals surface area (Å²) in [6, 6.07) is 6.68. The van der Waals surface area contributed by atoms with Gasteiger partial charge in [-0.3, -0.25) is 0 Å². The SMILES string of the molecule is CN1CCCc2cc(-c3nc(C4CC4)sc3N)ccc21. The molecular weight excluding hydrogens is 266 g/mol. The van der Waals surface area contributed by atoms with Crippen LogP contribution in [0.3, 0.4) is 0 Å². The van der Waals surface area contributed by atoms with Gasteiger partial charge in [0.05, 0.1) is 5.01 Å². The zero-order valence-corrected chi connectivity index (χ0v) is 12.5. The van der Waals surface area contributed by atoms with Crippen molar-refractivity contribution in [3.63, 3.8) is 0 Å². The molecule has 0 amide bonds. The monoisotopic (exact) mass is 285 g/mol. The second-order valence-electron chi connectivity index (χ2n) is 5.91. The third-order valence-electron chi connectivity index (χ3n) is 4.30. The molecule has 20 heavy (non-hydrogen) atoms. The summed E-state index contributed by atoms with van der Waals surface area (Å²) in [6.07, 6.45) is 4.95. The van der Waals surface area contributed by atoms with E-state index >= 15 is 0 Å². The lowest BCUT2D eigenvalue weighted by molar-refractivity contribution is 0.745. The zero-order chi connectivity index (χ0) is 13.7. The second-order valence-corrected chi connectivity index (χ2v) is 6.97. The summed E-state index contributed by atoms with van der Waals surface area (Å²) in [5, 5.41) is 2.10. The molecule has 0 saturated heterocycles. The Hall–Kier alpha value is -1.55. The average Bonchev–Trinajstić information content (AvgIpc) is 3.22. The van der Waals surface area contributed by atoms with Gasteiger partial charge in [0.15, 0.2) is 0 Å². The summed E-state index contributed by atoms with van der Waals surface area (Å²) in [6.45, 7) is 1.15. The van der Waals surface area contributed by atoms with Crippen LogP contribution in [0.4, 0.5) is 10.7 Å². The quantitative estimate of drug-likeness (QED) is 0.915. The molecule has 1 aliphatic carbocycles. The molecule has 0 bridgehead atoms. The molecule has 2 heterocycles. The van der Waals surface area contributed by atoms with Crippen LogP contribution in [0, 0.1) is 0 Å². The molecule has 0 unspecified atom stereocenters. The molecule has 2 aromatic rings. The number of hydrogen-bond acceptors (Lipinski definition) is 4. The van der Waals surface area contributed by atoms with Crippen molar-refractivity contribution in [3.05, 3.63) is 28.8 Å². The van der Waals surface area contributed by atoms with Gasteiger partial charge in [-0.1, -0.05) is 6.07 Å². The van der Waals surface area contributed by atoms with Gasteiger partial charge in [-0.2, -0.15) is 0 Å². The van der Waals surface area contributed by atoms with Crippen molar-refractivity contribution < 1.29 is 0 Å². The Labute approximate surface area is 123 Å². The van der Waals surface area contributed by atoms with E-state index < -0.39 is 0 Å². The summed E-state index contributed by atoms with van der Waals surface area (Å²) in [5.41, 5.74) is 11.1. The normalized spacial score (nSPS) is 18.1. The molecule has 2 N–H and O–H groups in total. The largest absolute Gasteiger partial charge is 0.389 e. The standard InChI is InChI=1S/C16H19N3S/c1-19-8-2-3-11-9-12(6-7-13(11)19)14-15(17)20-16(18-14)10-4-5-10/h6-7,9-10H,2-5,8,17H2,1H3. The van der Waals surface area contributed by atoms with E-state index in [0.29, 0.717) is 5.92 Å².